The number of benzene rings is 2. The van der Waals surface area contributed by atoms with Gasteiger partial charge in [0.25, 0.3) is 5.91 Å². The van der Waals surface area contributed by atoms with Gasteiger partial charge in [-0.1, -0.05) is 23.7 Å². The number of anilines is 1. The number of halogens is 1. The number of aryl methyl sites for hydroxylation is 1. The predicted octanol–water partition coefficient (Wildman–Crippen LogP) is 4.05. The molecule has 26 heavy (non-hydrogen) atoms. The van der Waals surface area contributed by atoms with Gasteiger partial charge in [0, 0.05) is 22.3 Å². The molecule has 0 spiro atoms. The molecule has 0 aliphatic rings. The van der Waals surface area contributed by atoms with Gasteiger partial charge in [0.2, 0.25) is 0 Å². The number of hydrogen-bond donors (Lipinski definition) is 1. The van der Waals surface area contributed by atoms with E-state index in [1.54, 1.807) is 36.4 Å². The van der Waals surface area contributed by atoms with E-state index in [0.717, 1.165) is 11.1 Å². The van der Waals surface area contributed by atoms with E-state index < -0.39 is 18.5 Å². The molecule has 6 heteroatoms. The van der Waals surface area contributed by atoms with Gasteiger partial charge in [0.05, 0.1) is 0 Å². The third-order valence-electron chi connectivity index (χ3n) is 3.53. The molecule has 0 saturated carbocycles. The summed E-state index contributed by atoms with van der Waals surface area (Å²) in [6, 6.07) is 11.8. The lowest BCUT2D eigenvalue weighted by molar-refractivity contribution is -0.142. The maximum absolute atomic E-state index is 11.8. The number of carbonyl (C=O) groups is 3. The second-order valence-electron chi connectivity index (χ2n) is 5.63. The summed E-state index contributed by atoms with van der Waals surface area (Å²) in [4.78, 5) is 34.7. The minimum absolute atomic E-state index is 0.0570. The zero-order chi connectivity index (χ0) is 19.1. The van der Waals surface area contributed by atoms with Crippen molar-refractivity contribution in [3.63, 3.8) is 0 Å². The van der Waals surface area contributed by atoms with Gasteiger partial charge in [-0.2, -0.15) is 0 Å². The predicted molar refractivity (Wildman–Crippen MR) is 101 cm³/mol. The van der Waals surface area contributed by atoms with E-state index in [1.165, 1.54) is 13.0 Å². The van der Waals surface area contributed by atoms with E-state index in [9.17, 15) is 14.4 Å². The van der Waals surface area contributed by atoms with Gasteiger partial charge in [-0.15, -0.1) is 0 Å². The third-order valence-corrected chi connectivity index (χ3v) is 3.94. The van der Waals surface area contributed by atoms with Crippen LogP contribution >= 0.6 is 11.6 Å². The summed E-state index contributed by atoms with van der Waals surface area (Å²) < 4.78 is 4.89. The molecule has 134 valence electrons. The molecule has 1 N–H and O–H groups in total. The van der Waals surface area contributed by atoms with Gasteiger partial charge >= 0.3 is 5.97 Å². The van der Waals surface area contributed by atoms with Crippen molar-refractivity contribution in [2.45, 2.75) is 13.8 Å². The highest BCUT2D eigenvalue weighted by atomic mass is 35.5. The summed E-state index contributed by atoms with van der Waals surface area (Å²) in [7, 11) is 0. The Morgan fingerprint density at radius 2 is 1.81 bits per heavy atom. The molecule has 1 amide bonds. The zero-order valence-electron chi connectivity index (χ0n) is 14.4. The number of Topliss-reactive ketones (excluding diaryl/α,β-unsaturated/α-hetero) is 1. The van der Waals surface area contributed by atoms with Crippen LogP contribution in [0.2, 0.25) is 5.02 Å². The van der Waals surface area contributed by atoms with E-state index in [1.807, 2.05) is 19.1 Å². The van der Waals surface area contributed by atoms with Gasteiger partial charge in [-0.25, -0.2) is 4.79 Å². The molecule has 0 bridgehead atoms. The highest BCUT2D eigenvalue weighted by molar-refractivity contribution is 6.31. The molecule has 0 aliphatic heterocycles. The van der Waals surface area contributed by atoms with Crippen LogP contribution in [0.15, 0.2) is 48.5 Å². The summed E-state index contributed by atoms with van der Waals surface area (Å²) in [6.07, 6.45) is 2.79. The molecule has 0 aliphatic carbocycles. The first kappa shape index (κ1) is 19.4. The van der Waals surface area contributed by atoms with Crippen molar-refractivity contribution >= 4 is 41.0 Å². The minimum Gasteiger partial charge on any atom is -0.452 e. The molecule has 2 aromatic rings. The van der Waals surface area contributed by atoms with Gasteiger partial charge in [-0.05, 0) is 61.4 Å². The fourth-order valence-corrected chi connectivity index (χ4v) is 2.24. The standard InChI is InChI=1S/C20H18ClNO4/c1-13-3-4-15(11-18(13)21)5-10-20(25)26-12-19(24)22-17-8-6-16(7-9-17)14(2)23/h3-11H,12H2,1-2H3,(H,22,24)/b10-5+. The van der Waals surface area contributed by atoms with Crippen molar-refractivity contribution in [3.8, 4) is 0 Å². The van der Waals surface area contributed by atoms with Crippen LogP contribution in [0.25, 0.3) is 6.08 Å². The quantitative estimate of drug-likeness (QED) is 0.472. The number of carbonyl (C=O) groups excluding carboxylic acids is 3. The molecule has 5 nitrogen and oxygen atoms in total. The number of amides is 1. The highest BCUT2D eigenvalue weighted by Crippen LogP contribution is 2.17. The Bertz CT molecular complexity index is 857. The number of esters is 1. The number of nitrogens with one attached hydrogen (secondary N) is 1. The Morgan fingerprint density at radius 1 is 1.12 bits per heavy atom. The Balaban J connectivity index is 1.82. The van der Waals surface area contributed by atoms with E-state index in [-0.39, 0.29) is 5.78 Å². The molecule has 0 fully saturated rings. The molecule has 0 unspecified atom stereocenters. The second-order valence-corrected chi connectivity index (χ2v) is 6.04. The molecule has 0 aromatic heterocycles. The van der Waals surface area contributed by atoms with Gasteiger partial charge in [0.15, 0.2) is 12.4 Å². The van der Waals surface area contributed by atoms with E-state index in [0.29, 0.717) is 16.3 Å². The first-order chi connectivity index (χ1) is 12.3. The molecule has 2 aromatic carbocycles. The minimum atomic E-state index is -0.635. The summed E-state index contributed by atoms with van der Waals surface area (Å²) in [5.74, 6) is -1.16. The molecule has 0 radical (unpaired) electrons. The molecule has 2 rings (SSSR count). The average Bonchev–Trinajstić information content (AvgIpc) is 2.61. The fourth-order valence-electron chi connectivity index (χ4n) is 2.05. The van der Waals surface area contributed by atoms with Crippen LogP contribution in [-0.4, -0.2) is 24.3 Å². The van der Waals surface area contributed by atoms with E-state index in [4.69, 9.17) is 16.3 Å². The molecule has 0 atom stereocenters. The van der Waals surface area contributed by atoms with Gasteiger partial charge < -0.3 is 10.1 Å². The monoisotopic (exact) mass is 371 g/mol. The SMILES string of the molecule is CC(=O)c1ccc(NC(=O)COC(=O)/C=C/c2ccc(C)c(Cl)c2)cc1. The average molecular weight is 372 g/mol. The zero-order valence-corrected chi connectivity index (χ0v) is 15.2. The van der Waals surface area contributed by atoms with E-state index in [2.05, 4.69) is 5.32 Å². The first-order valence-corrected chi connectivity index (χ1v) is 8.25. The largest absolute Gasteiger partial charge is 0.452 e. The summed E-state index contributed by atoms with van der Waals surface area (Å²) in [6.45, 7) is 2.94. The maximum Gasteiger partial charge on any atom is 0.331 e. The number of rotatable bonds is 6. The summed E-state index contributed by atoms with van der Waals surface area (Å²) in [5, 5.41) is 3.19. The van der Waals surface area contributed by atoms with Crippen molar-refractivity contribution in [1.29, 1.82) is 0 Å². The van der Waals surface area contributed by atoms with Gasteiger partial charge in [-0.3, -0.25) is 9.59 Å². The second kappa shape index (κ2) is 8.97. The first-order valence-electron chi connectivity index (χ1n) is 7.87. The van der Waals surface area contributed by atoms with Gasteiger partial charge in [0.1, 0.15) is 0 Å². The van der Waals surface area contributed by atoms with Crippen LogP contribution in [0.5, 0.6) is 0 Å². The lowest BCUT2D eigenvalue weighted by Crippen LogP contribution is -2.20. The van der Waals surface area contributed by atoms with Crippen LogP contribution in [0.4, 0.5) is 5.69 Å². The Hall–Kier alpha value is -2.92. The normalized spacial score (nSPS) is 10.6. The lowest BCUT2D eigenvalue weighted by atomic mass is 10.1. The highest BCUT2D eigenvalue weighted by Gasteiger charge is 2.06. The topological polar surface area (TPSA) is 72.5 Å². The number of ether oxygens (including phenoxy) is 1. The van der Waals surface area contributed by atoms with Crippen molar-refractivity contribution in [2.24, 2.45) is 0 Å². The van der Waals surface area contributed by atoms with Crippen LogP contribution in [0, 0.1) is 6.92 Å². The van der Waals surface area contributed by atoms with Crippen molar-refractivity contribution < 1.29 is 19.1 Å². The lowest BCUT2D eigenvalue weighted by Gasteiger charge is -2.06. The Labute approximate surface area is 156 Å². The van der Waals surface area contributed by atoms with Crippen molar-refractivity contribution in [2.75, 3.05) is 11.9 Å². The molecular formula is C20H18ClNO4. The van der Waals surface area contributed by atoms with Crippen LogP contribution in [0.3, 0.4) is 0 Å². The maximum atomic E-state index is 11.8. The third kappa shape index (κ3) is 5.86. The Morgan fingerprint density at radius 3 is 2.42 bits per heavy atom. The summed E-state index contributed by atoms with van der Waals surface area (Å²) >= 11 is 6.01. The Kier molecular flexibility index (Phi) is 6.69. The molecular weight excluding hydrogens is 354 g/mol. The molecule has 0 saturated heterocycles. The molecule has 0 heterocycles. The van der Waals surface area contributed by atoms with Crippen LogP contribution in [0.1, 0.15) is 28.4 Å². The van der Waals surface area contributed by atoms with Crippen LogP contribution in [-0.2, 0) is 14.3 Å². The number of hydrogen-bond acceptors (Lipinski definition) is 4. The van der Waals surface area contributed by atoms with Crippen molar-refractivity contribution in [3.05, 3.63) is 70.3 Å². The number of ketones is 1. The fraction of sp³-hybridized carbons (Fsp3) is 0.150. The van der Waals surface area contributed by atoms with E-state index >= 15 is 0 Å². The van der Waals surface area contributed by atoms with Crippen LogP contribution < -0.4 is 5.32 Å². The van der Waals surface area contributed by atoms with Crippen molar-refractivity contribution in [1.82, 2.24) is 0 Å². The smallest absolute Gasteiger partial charge is 0.331 e. The summed E-state index contributed by atoms with van der Waals surface area (Å²) in [5.41, 5.74) is 2.77.